The third-order valence-electron chi connectivity index (χ3n) is 3.11. The SMILES string of the molecule is CCC(NC)c1ccccc1Oc1ccccc1I. The Balaban J connectivity index is 2.33. The summed E-state index contributed by atoms with van der Waals surface area (Å²) < 4.78 is 7.20. The van der Waals surface area contributed by atoms with E-state index in [1.165, 1.54) is 5.56 Å². The van der Waals surface area contributed by atoms with Gasteiger partial charge >= 0.3 is 0 Å². The molecule has 1 unspecified atom stereocenters. The van der Waals surface area contributed by atoms with E-state index in [0.717, 1.165) is 21.5 Å². The lowest BCUT2D eigenvalue weighted by molar-refractivity contribution is 0.456. The third-order valence-corrected chi connectivity index (χ3v) is 4.00. The molecule has 0 saturated carbocycles. The molecule has 0 aromatic heterocycles. The fourth-order valence-corrected chi connectivity index (χ4v) is 2.58. The molecule has 0 amide bonds. The van der Waals surface area contributed by atoms with E-state index in [1.807, 2.05) is 43.4 Å². The summed E-state index contributed by atoms with van der Waals surface area (Å²) in [6.45, 7) is 2.17. The van der Waals surface area contributed by atoms with Gasteiger partial charge in [0.15, 0.2) is 0 Å². The highest BCUT2D eigenvalue weighted by Crippen LogP contribution is 2.32. The summed E-state index contributed by atoms with van der Waals surface area (Å²) in [7, 11) is 1.98. The molecule has 2 aromatic carbocycles. The van der Waals surface area contributed by atoms with Crippen molar-refractivity contribution in [2.45, 2.75) is 19.4 Å². The standard InChI is InChI=1S/C16H18INO/c1-3-14(18-2)12-8-4-6-10-15(12)19-16-11-7-5-9-13(16)17/h4-11,14,18H,3H2,1-2H3. The summed E-state index contributed by atoms with van der Waals surface area (Å²) in [5, 5.41) is 3.33. The number of hydrogen-bond acceptors (Lipinski definition) is 2. The minimum absolute atomic E-state index is 0.317. The molecule has 19 heavy (non-hydrogen) atoms. The fraction of sp³-hybridized carbons (Fsp3) is 0.250. The Morgan fingerprint density at radius 3 is 2.32 bits per heavy atom. The number of hydrogen-bond donors (Lipinski definition) is 1. The van der Waals surface area contributed by atoms with Crippen LogP contribution in [0, 0.1) is 3.57 Å². The molecule has 0 fully saturated rings. The number of rotatable bonds is 5. The topological polar surface area (TPSA) is 21.3 Å². The van der Waals surface area contributed by atoms with Gasteiger partial charge in [-0.2, -0.15) is 0 Å². The lowest BCUT2D eigenvalue weighted by atomic mass is 10.0. The summed E-state index contributed by atoms with van der Waals surface area (Å²) in [5.41, 5.74) is 1.20. The second kappa shape index (κ2) is 6.91. The molecule has 2 nitrogen and oxygen atoms in total. The second-order valence-electron chi connectivity index (χ2n) is 4.32. The molecular weight excluding hydrogens is 349 g/mol. The molecule has 0 aliphatic heterocycles. The first-order valence-electron chi connectivity index (χ1n) is 6.44. The fourth-order valence-electron chi connectivity index (χ4n) is 2.09. The number of nitrogens with one attached hydrogen (secondary N) is 1. The summed E-state index contributed by atoms with van der Waals surface area (Å²) in [6, 6.07) is 16.6. The largest absolute Gasteiger partial charge is 0.456 e. The minimum Gasteiger partial charge on any atom is -0.456 e. The molecule has 1 atom stereocenters. The van der Waals surface area contributed by atoms with Crippen molar-refractivity contribution in [3.05, 3.63) is 57.7 Å². The van der Waals surface area contributed by atoms with Gasteiger partial charge in [0.25, 0.3) is 0 Å². The summed E-state index contributed by atoms with van der Waals surface area (Å²) >= 11 is 2.29. The van der Waals surface area contributed by atoms with E-state index in [1.54, 1.807) is 0 Å². The van der Waals surface area contributed by atoms with Crippen LogP contribution in [0.5, 0.6) is 11.5 Å². The predicted molar refractivity (Wildman–Crippen MR) is 87.8 cm³/mol. The Hall–Kier alpha value is -1.07. The van der Waals surface area contributed by atoms with Crippen molar-refractivity contribution in [3.63, 3.8) is 0 Å². The Kier molecular flexibility index (Phi) is 5.22. The number of para-hydroxylation sites is 2. The highest BCUT2D eigenvalue weighted by molar-refractivity contribution is 14.1. The molecule has 0 spiro atoms. The number of ether oxygens (including phenoxy) is 1. The van der Waals surface area contributed by atoms with Gasteiger partial charge in [0, 0.05) is 11.6 Å². The van der Waals surface area contributed by atoms with E-state index in [4.69, 9.17) is 4.74 Å². The van der Waals surface area contributed by atoms with Crippen LogP contribution in [0.15, 0.2) is 48.5 Å². The first-order valence-corrected chi connectivity index (χ1v) is 7.52. The average molecular weight is 367 g/mol. The zero-order valence-electron chi connectivity index (χ0n) is 11.2. The summed E-state index contributed by atoms with van der Waals surface area (Å²) in [4.78, 5) is 0. The first kappa shape index (κ1) is 14.3. The van der Waals surface area contributed by atoms with E-state index >= 15 is 0 Å². The van der Waals surface area contributed by atoms with E-state index in [-0.39, 0.29) is 0 Å². The highest BCUT2D eigenvalue weighted by atomic mass is 127. The van der Waals surface area contributed by atoms with Gasteiger partial charge in [-0.05, 0) is 54.3 Å². The predicted octanol–water partition coefficient (Wildman–Crippen LogP) is 4.75. The van der Waals surface area contributed by atoms with Crippen molar-refractivity contribution in [1.82, 2.24) is 5.32 Å². The molecule has 0 heterocycles. The van der Waals surface area contributed by atoms with Crippen molar-refractivity contribution in [1.29, 1.82) is 0 Å². The number of halogens is 1. The molecule has 0 bridgehead atoms. The van der Waals surface area contributed by atoms with Crippen LogP contribution in [-0.2, 0) is 0 Å². The summed E-state index contributed by atoms with van der Waals surface area (Å²) in [6.07, 6.45) is 1.03. The Labute approximate surface area is 128 Å². The average Bonchev–Trinajstić information content (AvgIpc) is 2.44. The summed E-state index contributed by atoms with van der Waals surface area (Å²) in [5.74, 6) is 1.83. The second-order valence-corrected chi connectivity index (χ2v) is 5.48. The molecule has 2 aromatic rings. The molecule has 0 aliphatic carbocycles. The van der Waals surface area contributed by atoms with Crippen LogP contribution < -0.4 is 10.1 Å². The maximum Gasteiger partial charge on any atom is 0.140 e. The van der Waals surface area contributed by atoms with Crippen LogP contribution in [-0.4, -0.2) is 7.05 Å². The molecule has 0 aliphatic rings. The Bertz CT molecular complexity index is 538. The van der Waals surface area contributed by atoms with E-state index < -0.39 is 0 Å². The molecule has 1 N–H and O–H groups in total. The smallest absolute Gasteiger partial charge is 0.140 e. The van der Waals surface area contributed by atoms with Gasteiger partial charge in [-0.15, -0.1) is 0 Å². The zero-order valence-corrected chi connectivity index (χ0v) is 13.3. The van der Waals surface area contributed by atoms with Gasteiger partial charge in [-0.3, -0.25) is 0 Å². The van der Waals surface area contributed by atoms with Gasteiger partial charge in [0.2, 0.25) is 0 Å². The minimum atomic E-state index is 0.317. The van der Waals surface area contributed by atoms with Crippen LogP contribution in [0.1, 0.15) is 24.9 Å². The van der Waals surface area contributed by atoms with Crippen LogP contribution in [0.2, 0.25) is 0 Å². The maximum absolute atomic E-state index is 6.08. The molecule has 2 rings (SSSR count). The third kappa shape index (κ3) is 3.48. The molecule has 0 radical (unpaired) electrons. The van der Waals surface area contributed by atoms with Gasteiger partial charge in [-0.25, -0.2) is 0 Å². The maximum atomic E-state index is 6.08. The number of benzene rings is 2. The Morgan fingerprint density at radius 1 is 1.05 bits per heavy atom. The molecule has 3 heteroatoms. The van der Waals surface area contributed by atoms with E-state index in [0.29, 0.717) is 6.04 Å². The Morgan fingerprint density at radius 2 is 1.68 bits per heavy atom. The highest BCUT2D eigenvalue weighted by Gasteiger charge is 2.13. The molecule has 0 saturated heterocycles. The van der Waals surface area contributed by atoms with Crippen molar-refractivity contribution in [2.75, 3.05) is 7.05 Å². The normalized spacial score (nSPS) is 12.2. The van der Waals surface area contributed by atoms with E-state index in [9.17, 15) is 0 Å². The van der Waals surface area contributed by atoms with Crippen LogP contribution >= 0.6 is 22.6 Å². The molecular formula is C16H18INO. The van der Waals surface area contributed by atoms with Gasteiger partial charge < -0.3 is 10.1 Å². The quantitative estimate of drug-likeness (QED) is 0.770. The lowest BCUT2D eigenvalue weighted by Gasteiger charge is -2.19. The van der Waals surface area contributed by atoms with Gasteiger partial charge in [-0.1, -0.05) is 37.3 Å². The first-order chi connectivity index (χ1) is 9.26. The van der Waals surface area contributed by atoms with Gasteiger partial charge in [0.1, 0.15) is 11.5 Å². The van der Waals surface area contributed by atoms with Crippen molar-refractivity contribution < 1.29 is 4.74 Å². The van der Waals surface area contributed by atoms with Crippen molar-refractivity contribution in [2.24, 2.45) is 0 Å². The lowest BCUT2D eigenvalue weighted by Crippen LogP contribution is -2.15. The van der Waals surface area contributed by atoms with Crippen molar-refractivity contribution in [3.8, 4) is 11.5 Å². The van der Waals surface area contributed by atoms with Gasteiger partial charge in [0.05, 0.1) is 3.57 Å². The van der Waals surface area contributed by atoms with E-state index in [2.05, 4.69) is 47.0 Å². The molecule has 100 valence electrons. The van der Waals surface area contributed by atoms with Crippen molar-refractivity contribution >= 4 is 22.6 Å². The van der Waals surface area contributed by atoms with Crippen LogP contribution in [0.3, 0.4) is 0 Å². The van der Waals surface area contributed by atoms with Crippen LogP contribution in [0.25, 0.3) is 0 Å². The van der Waals surface area contributed by atoms with Crippen LogP contribution in [0.4, 0.5) is 0 Å². The zero-order chi connectivity index (χ0) is 13.7. The monoisotopic (exact) mass is 367 g/mol.